The minimum atomic E-state index is -0.665. The van der Waals surface area contributed by atoms with Crippen molar-refractivity contribution in [2.75, 3.05) is 0 Å². The predicted octanol–water partition coefficient (Wildman–Crippen LogP) is 5.17. The molecule has 0 unspecified atom stereocenters. The molecule has 0 aromatic heterocycles. The van der Waals surface area contributed by atoms with Gasteiger partial charge in [-0.2, -0.15) is 0 Å². The maximum absolute atomic E-state index is 10.3. The Balaban J connectivity index is 2.95. The molecular formula is C17H30O2. The molecule has 0 aromatic rings. The molecule has 0 aliphatic heterocycles. The van der Waals surface area contributed by atoms with Gasteiger partial charge in [0.2, 0.25) is 0 Å². The Kier molecular flexibility index (Phi) is 14.3. The summed E-state index contributed by atoms with van der Waals surface area (Å²) in [5.41, 5.74) is 0. The van der Waals surface area contributed by atoms with Gasteiger partial charge in [-0.15, -0.1) is 12.3 Å². The minimum absolute atomic E-state index is 0.333. The van der Waals surface area contributed by atoms with E-state index in [1.165, 1.54) is 64.2 Å². The summed E-state index contributed by atoms with van der Waals surface area (Å²) in [6.07, 6.45) is 21.3. The molecular weight excluding hydrogens is 236 g/mol. The Labute approximate surface area is 119 Å². The van der Waals surface area contributed by atoms with Crippen molar-refractivity contribution in [2.45, 2.75) is 89.9 Å². The molecule has 0 bridgehead atoms. The molecule has 0 amide bonds. The van der Waals surface area contributed by atoms with E-state index < -0.39 is 5.97 Å². The van der Waals surface area contributed by atoms with Crippen molar-refractivity contribution in [1.29, 1.82) is 0 Å². The number of unbranched alkanes of at least 4 members (excludes halogenated alkanes) is 12. The fraction of sp³-hybridized carbons (Fsp3) is 0.824. The first kappa shape index (κ1) is 18.0. The third kappa shape index (κ3) is 17.0. The van der Waals surface area contributed by atoms with E-state index in [0.29, 0.717) is 6.42 Å². The summed E-state index contributed by atoms with van der Waals surface area (Å²) in [5.74, 6) is 2.02. The summed E-state index contributed by atoms with van der Waals surface area (Å²) in [6, 6.07) is 0. The molecule has 0 radical (unpaired) electrons. The molecule has 0 rings (SSSR count). The summed E-state index contributed by atoms with van der Waals surface area (Å²) in [5, 5.41) is 8.50. The number of aliphatic carboxylic acids is 1. The Morgan fingerprint density at radius 1 is 0.737 bits per heavy atom. The van der Waals surface area contributed by atoms with Crippen LogP contribution < -0.4 is 0 Å². The zero-order valence-electron chi connectivity index (χ0n) is 12.3. The van der Waals surface area contributed by atoms with Crippen molar-refractivity contribution in [3.05, 3.63) is 0 Å². The second-order valence-electron chi connectivity index (χ2n) is 5.34. The molecule has 0 atom stereocenters. The monoisotopic (exact) mass is 266 g/mol. The smallest absolute Gasteiger partial charge is 0.303 e. The topological polar surface area (TPSA) is 37.3 Å². The van der Waals surface area contributed by atoms with Gasteiger partial charge in [0, 0.05) is 12.8 Å². The molecule has 0 aliphatic carbocycles. The average Bonchev–Trinajstić information content (AvgIpc) is 2.39. The Bertz CT molecular complexity index is 240. The van der Waals surface area contributed by atoms with Crippen molar-refractivity contribution < 1.29 is 9.90 Å². The van der Waals surface area contributed by atoms with Gasteiger partial charge >= 0.3 is 5.97 Å². The largest absolute Gasteiger partial charge is 0.481 e. The minimum Gasteiger partial charge on any atom is -0.481 e. The molecule has 2 heteroatoms. The normalized spacial score (nSPS) is 10.3. The molecule has 0 spiro atoms. The van der Waals surface area contributed by atoms with Gasteiger partial charge in [-0.1, -0.05) is 64.2 Å². The molecule has 0 fully saturated rings. The van der Waals surface area contributed by atoms with E-state index in [1.807, 2.05) is 0 Å². The van der Waals surface area contributed by atoms with Crippen LogP contribution in [0.2, 0.25) is 0 Å². The van der Waals surface area contributed by atoms with E-state index in [4.69, 9.17) is 11.5 Å². The number of carboxylic acids is 1. The molecule has 2 nitrogen and oxygen atoms in total. The lowest BCUT2D eigenvalue weighted by Crippen LogP contribution is -1.93. The predicted molar refractivity (Wildman–Crippen MR) is 81.1 cm³/mol. The lowest BCUT2D eigenvalue weighted by Gasteiger charge is -2.02. The maximum Gasteiger partial charge on any atom is 0.303 e. The van der Waals surface area contributed by atoms with E-state index in [0.717, 1.165) is 19.3 Å². The van der Waals surface area contributed by atoms with Gasteiger partial charge in [0.25, 0.3) is 0 Å². The van der Waals surface area contributed by atoms with Crippen LogP contribution in [0.25, 0.3) is 0 Å². The zero-order valence-corrected chi connectivity index (χ0v) is 12.3. The van der Waals surface area contributed by atoms with Crippen LogP contribution in [-0.4, -0.2) is 11.1 Å². The Hall–Kier alpha value is -0.970. The van der Waals surface area contributed by atoms with Gasteiger partial charge in [0.05, 0.1) is 0 Å². The van der Waals surface area contributed by atoms with Crippen molar-refractivity contribution in [2.24, 2.45) is 0 Å². The summed E-state index contributed by atoms with van der Waals surface area (Å²) < 4.78 is 0. The van der Waals surface area contributed by atoms with Crippen LogP contribution in [0.1, 0.15) is 89.9 Å². The van der Waals surface area contributed by atoms with E-state index in [2.05, 4.69) is 5.92 Å². The van der Waals surface area contributed by atoms with E-state index in [9.17, 15) is 4.79 Å². The van der Waals surface area contributed by atoms with E-state index in [-0.39, 0.29) is 0 Å². The van der Waals surface area contributed by atoms with Gasteiger partial charge < -0.3 is 5.11 Å². The van der Waals surface area contributed by atoms with E-state index in [1.54, 1.807) is 0 Å². The fourth-order valence-electron chi connectivity index (χ4n) is 2.27. The summed E-state index contributed by atoms with van der Waals surface area (Å²) in [7, 11) is 0. The van der Waals surface area contributed by atoms with Gasteiger partial charge in [-0.25, -0.2) is 0 Å². The molecule has 110 valence electrons. The SMILES string of the molecule is C#CCCCCCCCCCCCCCCC(=O)O. The fourth-order valence-corrected chi connectivity index (χ4v) is 2.27. The third-order valence-electron chi connectivity index (χ3n) is 3.46. The van der Waals surface area contributed by atoms with Crippen LogP contribution in [-0.2, 0) is 4.79 Å². The Morgan fingerprint density at radius 2 is 1.11 bits per heavy atom. The number of carboxylic acid groups (broad SMARTS) is 1. The third-order valence-corrected chi connectivity index (χ3v) is 3.46. The van der Waals surface area contributed by atoms with Crippen LogP contribution in [0.15, 0.2) is 0 Å². The molecule has 0 saturated heterocycles. The number of hydrogen-bond acceptors (Lipinski definition) is 1. The highest BCUT2D eigenvalue weighted by Crippen LogP contribution is 2.12. The van der Waals surface area contributed by atoms with Crippen LogP contribution in [0, 0.1) is 12.3 Å². The van der Waals surface area contributed by atoms with E-state index >= 15 is 0 Å². The second kappa shape index (κ2) is 15.1. The summed E-state index contributed by atoms with van der Waals surface area (Å²) >= 11 is 0. The van der Waals surface area contributed by atoms with Crippen molar-refractivity contribution in [1.82, 2.24) is 0 Å². The van der Waals surface area contributed by atoms with Crippen LogP contribution in [0.3, 0.4) is 0 Å². The van der Waals surface area contributed by atoms with Crippen molar-refractivity contribution >= 4 is 5.97 Å². The number of carbonyl (C=O) groups is 1. The highest BCUT2D eigenvalue weighted by Gasteiger charge is 1.96. The number of terminal acetylenes is 1. The van der Waals surface area contributed by atoms with Gasteiger partial charge in [0.15, 0.2) is 0 Å². The summed E-state index contributed by atoms with van der Waals surface area (Å²) in [6.45, 7) is 0. The van der Waals surface area contributed by atoms with Crippen LogP contribution in [0.4, 0.5) is 0 Å². The maximum atomic E-state index is 10.3. The van der Waals surface area contributed by atoms with Crippen molar-refractivity contribution in [3.63, 3.8) is 0 Å². The highest BCUT2D eigenvalue weighted by atomic mass is 16.4. The molecule has 0 aliphatic rings. The van der Waals surface area contributed by atoms with Crippen LogP contribution >= 0.6 is 0 Å². The molecule has 19 heavy (non-hydrogen) atoms. The molecule has 0 heterocycles. The lowest BCUT2D eigenvalue weighted by molar-refractivity contribution is -0.137. The molecule has 0 saturated carbocycles. The standard InChI is InChI=1S/C17H30O2/c1-2-3-4-5-6-7-8-9-10-11-12-13-14-15-16-17(18)19/h1H,3-16H2,(H,18,19). The first-order valence-electron chi connectivity index (χ1n) is 7.92. The Morgan fingerprint density at radius 3 is 1.47 bits per heavy atom. The first-order valence-corrected chi connectivity index (χ1v) is 7.92. The average molecular weight is 266 g/mol. The summed E-state index contributed by atoms with van der Waals surface area (Å²) in [4.78, 5) is 10.3. The number of rotatable bonds is 14. The van der Waals surface area contributed by atoms with Gasteiger partial charge in [-0.05, 0) is 12.8 Å². The van der Waals surface area contributed by atoms with Gasteiger partial charge in [-0.3, -0.25) is 4.79 Å². The first-order chi connectivity index (χ1) is 9.27. The second-order valence-corrected chi connectivity index (χ2v) is 5.34. The highest BCUT2D eigenvalue weighted by molar-refractivity contribution is 5.66. The van der Waals surface area contributed by atoms with Crippen molar-refractivity contribution in [3.8, 4) is 12.3 Å². The van der Waals surface area contributed by atoms with Crippen LogP contribution in [0.5, 0.6) is 0 Å². The molecule has 1 N–H and O–H groups in total. The number of hydrogen-bond donors (Lipinski definition) is 1. The lowest BCUT2D eigenvalue weighted by atomic mass is 10.0. The van der Waals surface area contributed by atoms with Gasteiger partial charge in [0.1, 0.15) is 0 Å². The molecule has 0 aromatic carbocycles. The quantitative estimate of drug-likeness (QED) is 0.348. The zero-order chi connectivity index (χ0) is 14.2.